The average Bonchev–Trinajstić information content (AvgIpc) is 2.75. The molecule has 0 fully saturated rings. The summed E-state index contributed by atoms with van der Waals surface area (Å²) in [4.78, 5) is 12.6. The molecule has 0 aromatic heterocycles. The zero-order chi connectivity index (χ0) is 20.8. The molecule has 152 valence electrons. The maximum Gasteiger partial charge on any atom is 0.274 e. The van der Waals surface area contributed by atoms with Crippen molar-refractivity contribution in [2.45, 2.75) is 33.1 Å². The first-order valence-electron chi connectivity index (χ1n) is 9.85. The smallest absolute Gasteiger partial charge is 0.274 e. The van der Waals surface area contributed by atoms with E-state index in [0.29, 0.717) is 18.1 Å². The number of hydrogen-bond acceptors (Lipinski definition) is 5. The van der Waals surface area contributed by atoms with Crippen molar-refractivity contribution < 1.29 is 9.53 Å². The zero-order valence-corrected chi connectivity index (χ0v) is 17.3. The van der Waals surface area contributed by atoms with Gasteiger partial charge in [0.15, 0.2) is 0 Å². The molecule has 0 saturated heterocycles. The Bertz CT molecular complexity index is 907. The largest absolute Gasteiger partial charge is 0.497 e. The molecule has 0 bridgehead atoms. The topological polar surface area (TPSA) is 66.0 Å². The van der Waals surface area contributed by atoms with Crippen LogP contribution in [0.25, 0.3) is 0 Å². The number of carbonyl (C=O) groups is 1. The van der Waals surface area contributed by atoms with E-state index in [0.717, 1.165) is 42.0 Å². The Kier molecular flexibility index (Phi) is 6.54. The van der Waals surface area contributed by atoms with Crippen LogP contribution < -0.4 is 15.4 Å². The highest BCUT2D eigenvalue weighted by Gasteiger charge is 2.22. The van der Waals surface area contributed by atoms with E-state index in [1.165, 1.54) is 10.6 Å². The Balaban J connectivity index is 1.67. The Hall–Kier alpha value is -3.28. The van der Waals surface area contributed by atoms with Gasteiger partial charge in [-0.2, -0.15) is 10.1 Å². The van der Waals surface area contributed by atoms with Gasteiger partial charge in [-0.15, -0.1) is 0 Å². The van der Waals surface area contributed by atoms with Gasteiger partial charge in [0.05, 0.1) is 19.4 Å². The van der Waals surface area contributed by atoms with Crippen molar-refractivity contribution in [2.24, 2.45) is 5.10 Å². The van der Waals surface area contributed by atoms with Crippen LogP contribution in [0.1, 0.15) is 38.7 Å². The molecule has 3 rings (SSSR count). The second kappa shape index (κ2) is 9.28. The summed E-state index contributed by atoms with van der Waals surface area (Å²) in [6, 6.07) is 7.54. The van der Waals surface area contributed by atoms with Crippen LogP contribution in [0.15, 0.2) is 77.0 Å². The maximum atomic E-state index is 12.6. The van der Waals surface area contributed by atoms with Crippen LogP contribution in [-0.2, 0) is 4.79 Å². The van der Waals surface area contributed by atoms with Crippen molar-refractivity contribution in [1.82, 2.24) is 15.6 Å². The zero-order valence-electron chi connectivity index (χ0n) is 17.3. The Morgan fingerprint density at radius 1 is 1.28 bits per heavy atom. The lowest BCUT2D eigenvalue weighted by Gasteiger charge is -2.27. The molecule has 0 radical (unpaired) electrons. The molecule has 1 aromatic carbocycles. The van der Waals surface area contributed by atoms with Crippen LogP contribution in [0.3, 0.4) is 0 Å². The number of amides is 1. The molecule has 1 aromatic rings. The molecule has 29 heavy (non-hydrogen) atoms. The first-order valence-corrected chi connectivity index (χ1v) is 9.85. The monoisotopic (exact) mass is 392 g/mol. The summed E-state index contributed by atoms with van der Waals surface area (Å²) in [5.74, 6) is 0.990. The number of rotatable bonds is 7. The summed E-state index contributed by atoms with van der Waals surface area (Å²) in [7, 11) is 1.63. The quantitative estimate of drug-likeness (QED) is 0.693. The van der Waals surface area contributed by atoms with Gasteiger partial charge < -0.3 is 15.4 Å². The molecule has 1 heterocycles. The van der Waals surface area contributed by atoms with E-state index in [1.807, 2.05) is 31.2 Å². The third-order valence-corrected chi connectivity index (χ3v) is 4.93. The van der Waals surface area contributed by atoms with E-state index in [-0.39, 0.29) is 5.91 Å². The molecule has 0 unspecified atom stereocenters. The van der Waals surface area contributed by atoms with E-state index in [4.69, 9.17) is 4.74 Å². The van der Waals surface area contributed by atoms with Crippen molar-refractivity contribution in [3.8, 4) is 5.75 Å². The Morgan fingerprint density at radius 3 is 2.66 bits per heavy atom. The standard InChI is InChI=1S/C23H28N4O2/c1-5-18-8-6-7-9-22(18)24-15-20-14-23(28)27(17(3)25-20)26-16(2)19-10-12-21(29-4)13-11-19/h8-14,24-25H,3,5-7,15H2,1-2,4H3/b26-16+. The van der Waals surface area contributed by atoms with Gasteiger partial charge in [0.1, 0.15) is 11.6 Å². The molecule has 0 atom stereocenters. The summed E-state index contributed by atoms with van der Waals surface area (Å²) < 4.78 is 5.18. The highest BCUT2D eigenvalue weighted by Crippen LogP contribution is 2.20. The van der Waals surface area contributed by atoms with Crippen LogP contribution in [-0.4, -0.2) is 30.3 Å². The summed E-state index contributed by atoms with van der Waals surface area (Å²) in [5, 5.41) is 12.3. The van der Waals surface area contributed by atoms with E-state index in [9.17, 15) is 4.79 Å². The van der Waals surface area contributed by atoms with Crippen LogP contribution in [0.5, 0.6) is 5.75 Å². The van der Waals surface area contributed by atoms with Gasteiger partial charge in [0.25, 0.3) is 5.91 Å². The summed E-state index contributed by atoms with van der Waals surface area (Å²) >= 11 is 0. The lowest BCUT2D eigenvalue weighted by atomic mass is 10.0. The Labute approximate surface area is 172 Å². The van der Waals surface area contributed by atoms with Crippen LogP contribution >= 0.6 is 0 Å². The minimum Gasteiger partial charge on any atom is -0.497 e. The minimum atomic E-state index is -0.220. The third kappa shape index (κ3) is 4.96. The summed E-state index contributed by atoms with van der Waals surface area (Å²) in [6.07, 6.45) is 9.17. The predicted octanol–water partition coefficient (Wildman–Crippen LogP) is 3.81. The number of nitrogens with one attached hydrogen (secondary N) is 2. The molecule has 2 N–H and O–H groups in total. The maximum absolute atomic E-state index is 12.6. The van der Waals surface area contributed by atoms with E-state index in [2.05, 4.69) is 41.4 Å². The van der Waals surface area contributed by atoms with Gasteiger partial charge in [-0.25, -0.2) is 0 Å². The normalized spacial score (nSPS) is 17.3. The van der Waals surface area contributed by atoms with Crippen molar-refractivity contribution in [2.75, 3.05) is 13.7 Å². The van der Waals surface area contributed by atoms with Crippen molar-refractivity contribution in [3.63, 3.8) is 0 Å². The number of benzene rings is 1. The number of ether oxygens (including phenoxy) is 1. The van der Waals surface area contributed by atoms with E-state index < -0.39 is 0 Å². The van der Waals surface area contributed by atoms with E-state index in [1.54, 1.807) is 13.2 Å². The first-order chi connectivity index (χ1) is 14.0. The fraction of sp³-hybridized carbons (Fsp3) is 0.304. The molecule has 2 aliphatic rings. The van der Waals surface area contributed by atoms with Crippen LogP contribution in [0.2, 0.25) is 0 Å². The van der Waals surface area contributed by atoms with Crippen molar-refractivity contribution in [1.29, 1.82) is 0 Å². The number of allylic oxidation sites excluding steroid dienone is 3. The second-order valence-electron chi connectivity index (χ2n) is 6.94. The predicted molar refractivity (Wildman–Crippen MR) is 116 cm³/mol. The first kappa shape index (κ1) is 20.5. The highest BCUT2D eigenvalue weighted by molar-refractivity contribution is 6.00. The van der Waals surface area contributed by atoms with Gasteiger partial charge >= 0.3 is 0 Å². The van der Waals surface area contributed by atoms with Gasteiger partial charge in [0.2, 0.25) is 0 Å². The van der Waals surface area contributed by atoms with Crippen molar-refractivity contribution >= 4 is 11.6 Å². The molecule has 6 nitrogen and oxygen atoms in total. The molecule has 1 amide bonds. The molecule has 6 heteroatoms. The SMILES string of the molecule is C=C1NC(CNC2=CCCC=C2CC)=CC(=O)N1/N=C(\C)c1ccc(OC)cc1. The number of nitrogens with zero attached hydrogens (tertiary/aromatic N) is 2. The molecular formula is C23H28N4O2. The van der Waals surface area contributed by atoms with E-state index >= 15 is 0 Å². The summed E-state index contributed by atoms with van der Waals surface area (Å²) in [5.41, 5.74) is 4.86. The second-order valence-corrected chi connectivity index (χ2v) is 6.94. The van der Waals surface area contributed by atoms with Crippen LogP contribution in [0.4, 0.5) is 0 Å². The fourth-order valence-corrected chi connectivity index (χ4v) is 3.30. The number of hydrogen-bond donors (Lipinski definition) is 2. The van der Waals surface area contributed by atoms with Gasteiger partial charge in [-0.3, -0.25) is 4.79 Å². The number of carbonyl (C=O) groups excluding carboxylic acids is 1. The molecular weight excluding hydrogens is 364 g/mol. The molecule has 1 aliphatic carbocycles. The highest BCUT2D eigenvalue weighted by atomic mass is 16.5. The molecule has 0 spiro atoms. The van der Waals surface area contributed by atoms with Gasteiger partial charge in [-0.05, 0) is 61.6 Å². The lowest BCUT2D eigenvalue weighted by Crippen LogP contribution is -2.39. The lowest BCUT2D eigenvalue weighted by molar-refractivity contribution is -0.125. The average molecular weight is 393 g/mol. The van der Waals surface area contributed by atoms with Crippen molar-refractivity contribution in [3.05, 3.63) is 77.4 Å². The van der Waals surface area contributed by atoms with Crippen LogP contribution in [0, 0.1) is 0 Å². The van der Waals surface area contributed by atoms with Gasteiger partial charge in [-0.1, -0.05) is 25.7 Å². The minimum absolute atomic E-state index is 0.220. The molecule has 0 saturated carbocycles. The third-order valence-electron chi connectivity index (χ3n) is 4.93. The van der Waals surface area contributed by atoms with Gasteiger partial charge in [0, 0.05) is 17.5 Å². The number of methoxy groups -OCH3 is 1. The Morgan fingerprint density at radius 2 is 2.00 bits per heavy atom. The molecule has 1 aliphatic heterocycles. The summed E-state index contributed by atoms with van der Waals surface area (Å²) in [6.45, 7) is 8.51. The number of hydrazone groups is 1. The fourth-order valence-electron chi connectivity index (χ4n) is 3.30.